The Kier molecular flexibility index (Phi) is 2.63. The van der Waals surface area contributed by atoms with Gasteiger partial charge in [-0.15, -0.1) is 6.42 Å². The highest BCUT2D eigenvalue weighted by Gasteiger charge is 2.31. The van der Waals surface area contributed by atoms with Gasteiger partial charge in [0.25, 0.3) is 0 Å². The van der Waals surface area contributed by atoms with E-state index in [1.165, 1.54) is 0 Å². The summed E-state index contributed by atoms with van der Waals surface area (Å²) in [5.41, 5.74) is 4.34. The third-order valence-electron chi connectivity index (χ3n) is 1.59. The Labute approximate surface area is 83.7 Å². The summed E-state index contributed by atoms with van der Waals surface area (Å²) in [4.78, 5) is 0. The van der Waals surface area contributed by atoms with Gasteiger partial charge < -0.3 is 5.73 Å². The highest BCUT2D eigenvalue weighted by molar-refractivity contribution is 6.32. The number of nitrogens with two attached hydrogens (primary N) is 1. The van der Waals surface area contributed by atoms with E-state index < -0.39 is 11.7 Å². The minimum Gasteiger partial charge on any atom is -0.398 e. The van der Waals surface area contributed by atoms with Gasteiger partial charge in [-0.25, -0.2) is 0 Å². The molecule has 74 valence electrons. The molecule has 0 bridgehead atoms. The van der Waals surface area contributed by atoms with Crippen molar-refractivity contribution >= 4 is 17.3 Å². The average Bonchev–Trinajstić information content (AvgIpc) is 2.01. The minimum absolute atomic E-state index is 0.0830. The number of hydrogen-bond donors (Lipinski definition) is 1. The molecule has 0 aliphatic rings. The normalized spacial score (nSPS) is 11.1. The van der Waals surface area contributed by atoms with Crippen LogP contribution in [0.5, 0.6) is 0 Å². The molecule has 0 atom stereocenters. The molecule has 1 nitrogen and oxygen atoms in total. The van der Waals surface area contributed by atoms with E-state index in [2.05, 4.69) is 5.92 Å². The van der Waals surface area contributed by atoms with E-state index in [1.54, 1.807) is 0 Å². The molecule has 1 rings (SSSR count). The summed E-state index contributed by atoms with van der Waals surface area (Å²) in [6.45, 7) is 0. The molecule has 0 aliphatic heterocycles. The molecule has 0 heterocycles. The molecule has 0 aromatic heterocycles. The Bertz CT molecular complexity index is 380. The molecule has 14 heavy (non-hydrogen) atoms. The molecule has 1 aromatic rings. The van der Waals surface area contributed by atoms with Crippen LogP contribution >= 0.6 is 11.6 Å². The predicted octanol–water partition coefficient (Wildman–Crippen LogP) is 2.92. The van der Waals surface area contributed by atoms with Gasteiger partial charge >= 0.3 is 6.18 Å². The fourth-order valence-electron chi connectivity index (χ4n) is 0.944. The molecule has 0 fully saturated rings. The van der Waals surface area contributed by atoms with Gasteiger partial charge in [-0.05, 0) is 12.1 Å². The SMILES string of the molecule is C#Cc1c(N)cc(C(F)(F)F)cc1Cl. The quantitative estimate of drug-likeness (QED) is 0.527. The third kappa shape index (κ3) is 1.94. The van der Waals surface area contributed by atoms with Crippen molar-refractivity contribution in [3.8, 4) is 12.3 Å². The Morgan fingerprint density at radius 1 is 1.36 bits per heavy atom. The number of alkyl halides is 3. The van der Waals surface area contributed by atoms with Crippen LogP contribution in [0.3, 0.4) is 0 Å². The maximum Gasteiger partial charge on any atom is 0.416 e. The van der Waals surface area contributed by atoms with Crippen molar-refractivity contribution in [2.45, 2.75) is 6.18 Å². The second-order valence-electron chi connectivity index (χ2n) is 2.56. The topological polar surface area (TPSA) is 26.0 Å². The lowest BCUT2D eigenvalue weighted by atomic mass is 10.1. The van der Waals surface area contributed by atoms with Crippen molar-refractivity contribution in [1.82, 2.24) is 0 Å². The molecule has 2 N–H and O–H groups in total. The predicted molar refractivity (Wildman–Crippen MR) is 48.8 cm³/mol. The first kappa shape index (κ1) is 10.7. The van der Waals surface area contributed by atoms with Gasteiger partial charge in [0.1, 0.15) is 0 Å². The first-order chi connectivity index (χ1) is 6.36. The minimum atomic E-state index is -4.47. The molecule has 0 saturated carbocycles. The van der Waals surface area contributed by atoms with E-state index in [-0.39, 0.29) is 16.3 Å². The van der Waals surface area contributed by atoms with E-state index in [9.17, 15) is 13.2 Å². The maximum atomic E-state index is 12.2. The fraction of sp³-hybridized carbons (Fsp3) is 0.111. The Morgan fingerprint density at radius 3 is 2.29 bits per heavy atom. The van der Waals surface area contributed by atoms with Gasteiger partial charge in [-0.1, -0.05) is 17.5 Å². The van der Waals surface area contributed by atoms with Crippen LogP contribution in [0.1, 0.15) is 11.1 Å². The Morgan fingerprint density at radius 2 is 1.93 bits per heavy atom. The van der Waals surface area contributed by atoms with Crippen LogP contribution in [0.4, 0.5) is 18.9 Å². The van der Waals surface area contributed by atoms with E-state index in [0.29, 0.717) is 0 Å². The lowest BCUT2D eigenvalue weighted by Gasteiger charge is -2.09. The summed E-state index contributed by atoms with van der Waals surface area (Å²) in [7, 11) is 0. The van der Waals surface area contributed by atoms with Crippen molar-refractivity contribution in [1.29, 1.82) is 0 Å². The summed E-state index contributed by atoms with van der Waals surface area (Å²) < 4.78 is 36.7. The molecular formula is C9H5ClF3N. The zero-order chi connectivity index (χ0) is 10.9. The smallest absolute Gasteiger partial charge is 0.398 e. The molecule has 0 radical (unpaired) electrons. The second kappa shape index (κ2) is 3.43. The van der Waals surface area contributed by atoms with Crippen LogP contribution in [-0.2, 0) is 6.18 Å². The van der Waals surface area contributed by atoms with E-state index in [1.807, 2.05) is 0 Å². The Hall–Kier alpha value is -1.34. The lowest BCUT2D eigenvalue weighted by molar-refractivity contribution is -0.137. The molecule has 0 spiro atoms. The summed E-state index contributed by atoms with van der Waals surface area (Å²) in [5.74, 6) is 2.12. The summed E-state index contributed by atoms with van der Waals surface area (Å²) in [6.07, 6.45) is 0.548. The van der Waals surface area contributed by atoms with Crippen molar-refractivity contribution in [2.24, 2.45) is 0 Å². The number of benzene rings is 1. The van der Waals surface area contributed by atoms with Gasteiger partial charge in [0.2, 0.25) is 0 Å². The first-order valence-corrected chi connectivity index (χ1v) is 3.87. The van der Waals surface area contributed by atoms with Crippen LogP contribution in [0.25, 0.3) is 0 Å². The molecular weight excluding hydrogens is 215 g/mol. The van der Waals surface area contributed by atoms with Crippen molar-refractivity contribution < 1.29 is 13.2 Å². The highest BCUT2D eigenvalue weighted by atomic mass is 35.5. The summed E-state index contributed by atoms with van der Waals surface area (Å²) in [6, 6.07) is 1.52. The lowest BCUT2D eigenvalue weighted by Crippen LogP contribution is -2.06. The largest absolute Gasteiger partial charge is 0.416 e. The average molecular weight is 220 g/mol. The molecule has 0 aliphatic carbocycles. The van der Waals surface area contributed by atoms with Gasteiger partial charge in [0.15, 0.2) is 0 Å². The van der Waals surface area contributed by atoms with E-state index >= 15 is 0 Å². The van der Waals surface area contributed by atoms with Crippen molar-refractivity contribution in [2.75, 3.05) is 5.73 Å². The van der Waals surface area contributed by atoms with Gasteiger partial charge in [0.05, 0.1) is 16.1 Å². The Balaban J connectivity index is 3.37. The number of terminal acetylenes is 1. The van der Waals surface area contributed by atoms with Crippen LogP contribution in [-0.4, -0.2) is 0 Å². The molecule has 0 unspecified atom stereocenters. The monoisotopic (exact) mass is 219 g/mol. The number of rotatable bonds is 0. The second-order valence-corrected chi connectivity index (χ2v) is 2.97. The van der Waals surface area contributed by atoms with E-state index in [4.69, 9.17) is 23.8 Å². The van der Waals surface area contributed by atoms with Gasteiger partial charge in [-0.2, -0.15) is 13.2 Å². The summed E-state index contributed by atoms with van der Waals surface area (Å²) in [5, 5.41) is -0.167. The molecule has 5 heteroatoms. The third-order valence-corrected chi connectivity index (χ3v) is 1.89. The standard InChI is InChI=1S/C9H5ClF3N/c1-2-6-7(10)3-5(4-8(6)14)9(11,12)13/h1,3-4H,14H2. The number of hydrogen-bond acceptors (Lipinski definition) is 1. The number of halogens is 4. The summed E-state index contributed by atoms with van der Waals surface area (Å²) >= 11 is 5.52. The van der Waals surface area contributed by atoms with E-state index in [0.717, 1.165) is 12.1 Å². The zero-order valence-corrected chi connectivity index (χ0v) is 7.58. The fourth-order valence-corrected chi connectivity index (χ4v) is 1.23. The number of anilines is 1. The molecule has 1 aromatic carbocycles. The van der Waals surface area contributed by atoms with Crippen LogP contribution in [0.15, 0.2) is 12.1 Å². The van der Waals surface area contributed by atoms with Crippen LogP contribution in [0.2, 0.25) is 5.02 Å². The molecule has 0 amide bonds. The zero-order valence-electron chi connectivity index (χ0n) is 6.82. The van der Waals surface area contributed by atoms with Gasteiger partial charge in [-0.3, -0.25) is 0 Å². The highest BCUT2D eigenvalue weighted by Crippen LogP contribution is 2.34. The van der Waals surface area contributed by atoms with Gasteiger partial charge in [0, 0.05) is 5.69 Å². The van der Waals surface area contributed by atoms with Crippen LogP contribution in [0, 0.1) is 12.3 Å². The maximum absolute atomic E-state index is 12.2. The molecule has 0 saturated heterocycles. The van der Waals surface area contributed by atoms with Crippen molar-refractivity contribution in [3.05, 3.63) is 28.3 Å². The number of nitrogen functional groups attached to an aromatic ring is 1. The first-order valence-electron chi connectivity index (χ1n) is 3.49. The van der Waals surface area contributed by atoms with Crippen LogP contribution < -0.4 is 5.73 Å². The van der Waals surface area contributed by atoms with Crippen molar-refractivity contribution in [3.63, 3.8) is 0 Å².